The molecule has 3 rings (SSSR count). The largest absolute Gasteiger partial charge is 0.429 e. The summed E-state index contributed by atoms with van der Waals surface area (Å²) in [5.41, 5.74) is 2.72. The highest BCUT2D eigenvalue weighted by Gasteiger charge is 2.60. The lowest BCUT2D eigenvalue weighted by molar-refractivity contribution is -0.247. The van der Waals surface area contributed by atoms with Gasteiger partial charge in [-0.3, -0.25) is 0 Å². The van der Waals surface area contributed by atoms with Crippen LogP contribution >= 0.6 is 22.7 Å². The molecule has 0 saturated heterocycles. The van der Waals surface area contributed by atoms with Gasteiger partial charge in [0.25, 0.3) is 0 Å². The summed E-state index contributed by atoms with van der Waals surface area (Å²) in [6.07, 6.45) is -4.94. The molecular formula is C13H10F3N3OS2. The molecule has 0 saturated carbocycles. The molecule has 22 heavy (non-hydrogen) atoms. The smallest absolute Gasteiger partial charge is 0.375 e. The van der Waals surface area contributed by atoms with Crippen molar-refractivity contribution in [1.29, 1.82) is 0 Å². The number of alkyl halides is 3. The Kier molecular flexibility index (Phi) is 3.38. The number of nitrogen functional groups attached to an aromatic ring is 1. The van der Waals surface area contributed by atoms with Crippen LogP contribution in [0.3, 0.4) is 0 Å². The fourth-order valence-corrected chi connectivity index (χ4v) is 4.22. The molecule has 2 heterocycles. The molecular weight excluding hydrogens is 335 g/mol. The summed E-state index contributed by atoms with van der Waals surface area (Å²) in [6, 6.07) is 6.63. The normalized spacial score (nSPS) is 15.1. The van der Waals surface area contributed by atoms with E-state index < -0.39 is 16.8 Å². The van der Waals surface area contributed by atoms with E-state index in [9.17, 15) is 18.3 Å². The Morgan fingerprint density at radius 2 is 1.82 bits per heavy atom. The Balaban J connectivity index is 2.29. The minimum absolute atomic E-state index is 0.0312. The highest BCUT2D eigenvalue weighted by molar-refractivity contribution is 7.19. The standard InChI is InChI=1S/C13H10F3N3OS2/c1-6-9(22-11(17)18-6)12(20,13(14,15)16)10-19-7-4-2-3-5-8(7)21-10/h2-5,20H,1H3,(H2,17,18)/t12-/m0/s1. The van der Waals surface area contributed by atoms with Crippen LogP contribution in [-0.4, -0.2) is 21.3 Å². The number of nitrogens with two attached hydrogens (primary N) is 1. The summed E-state index contributed by atoms with van der Waals surface area (Å²) >= 11 is 1.42. The number of hydrogen-bond donors (Lipinski definition) is 2. The average Bonchev–Trinajstić information content (AvgIpc) is 2.99. The lowest BCUT2D eigenvalue weighted by atomic mass is 10.0. The number of nitrogens with zero attached hydrogens (tertiary/aromatic N) is 2. The number of thiazole rings is 2. The lowest BCUT2D eigenvalue weighted by Gasteiger charge is -2.27. The van der Waals surface area contributed by atoms with E-state index in [1.165, 1.54) is 6.92 Å². The molecule has 0 aliphatic rings. The third-order valence-electron chi connectivity index (χ3n) is 3.16. The zero-order valence-corrected chi connectivity index (χ0v) is 12.8. The molecule has 0 fully saturated rings. The van der Waals surface area contributed by atoms with Gasteiger partial charge < -0.3 is 10.8 Å². The second kappa shape index (κ2) is 4.90. The van der Waals surface area contributed by atoms with Crippen molar-refractivity contribution in [2.24, 2.45) is 0 Å². The predicted molar refractivity (Wildman–Crippen MR) is 79.9 cm³/mol. The van der Waals surface area contributed by atoms with Crippen LogP contribution in [0.15, 0.2) is 24.3 Å². The summed E-state index contributed by atoms with van der Waals surface area (Å²) in [5.74, 6) is 0. The Morgan fingerprint density at radius 1 is 1.14 bits per heavy atom. The van der Waals surface area contributed by atoms with Gasteiger partial charge in [0, 0.05) is 0 Å². The number of benzene rings is 1. The molecule has 1 aromatic carbocycles. The number of aliphatic hydroxyl groups is 1. The second-order valence-electron chi connectivity index (χ2n) is 4.66. The molecule has 116 valence electrons. The van der Waals surface area contributed by atoms with Crippen LogP contribution in [-0.2, 0) is 5.60 Å². The molecule has 9 heteroatoms. The molecule has 0 bridgehead atoms. The first-order valence-electron chi connectivity index (χ1n) is 6.12. The fraction of sp³-hybridized carbons (Fsp3) is 0.231. The van der Waals surface area contributed by atoms with Gasteiger partial charge in [-0.1, -0.05) is 23.5 Å². The SMILES string of the molecule is Cc1nc(N)sc1[C@](O)(c1nc2ccccc2s1)C(F)(F)F. The number of anilines is 1. The van der Waals surface area contributed by atoms with Gasteiger partial charge in [0.05, 0.1) is 20.8 Å². The van der Waals surface area contributed by atoms with Crippen LogP contribution in [0, 0.1) is 6.92 Å². The van der Waals surface area contributed by atoms with Gasteiger partial charge in [0.1, 0.15) is 5.01 Å². The van der Waals surface area contributed by atoms with Gasteiger partial charge in [-0.25, -0.2) is 9.97 Å². The minimum Gasteiger partial charge on any atom is -0.375 e. The summed E-state index contributed by atoms with van der Waals surface area (Å²) in [5, 5.41) is 10.1. The molecule has 0 aliphatic carbocycles. The molecule has 0 radical (unpaired) electrons. The summed E-state index contributed by atoms with van der Waals surface area (Å²) in [4.78, 5) is 7.40. The molecule has 0 amide bonds. The van der Waals surface area contributed by atoms with Crippen molar-refractivity contribution >= 4 is 38.0 Å². The van der Waals surface area contributed by atoms with Gasteiger partial charge >= 0.3 is 6.18 Å². The van der Waals surface area contributed by atoms with Crippen LogP contribution < -0.4 is 5.73 Å². The van der Waals surface area contributed by atoms with E-state index in [1.807, 2.05) is 0 Å². The maximum absolute atomic E-state index is 13.6. The zero-order chi connectivity index (χ0) is 16.1. The van der Waals surface area contributed by atoms with E-state index in [0.717, 1.165) is 11.3 Å². The van der Waals surface area contributed by atoms with Gasteiger partial charge in [-0.2, -0.15) is 13.2 Å². The van der Waals surface area contributed by atoms with Crippen LogP contribution in [0.5, 0.6) is 0 Å². The van der Waals surface area contributed by atoms with E-state index in [4.69, 9.17) is 5.73 Å². The van der Waals surface area contributed by atoms with E-state index in [1.54, 1.807) is 24.3 Å². The maximum Gasteiger partial charge on any atom is 0.429 e. The molecule has 3 N–H and O–H groups in total. The molecule has 2 aromatic heterocycles. The number of rotatable bonds is 2. The number of aryl methyl sites for hydroxylation is 1. The van der Waals surface area contributed by atoms with Crippen molar-refractivity contribution in [3.05, 3.63) is 39.8 Å². The van der Waals surface area contributed by atoms with Crippen LogP contribution in [0.1, 0.15) is 15.6 Å². The van der Waals surface area contributed by atoms with Crippen LogP contribution in [0.4, 0.5) is 18.3 Å². The Morgan fingerprint density at radius 3 is 2.36 bits per heavy atom. The Bertz CT molecular complexity index is 810. The van der Waals surface area contributed by atoms with Crippen molar-refractivity contribution in [2.45, 2.75) is 18.7 Å². The lowest BCUT2D eigenvalue weighted by Crippen LogP contribution is -2.43. The van der Waals surface area contributed by atoms with Crippen LogP contribution in [0.25, 0.3) is 10.2 Å². The number of para-hydroxylation sites is 1. The number of hydrogen-bond acceptors (Lipinski definition) is 6. The topological polar surface area (TPSA) is 72.0 Å². The molecule has 0 spiro atoms. The van der Waals surface area contributed by atoms with E-state index in [2.05, 4.69) is 9.97 Å². The van der Waals surface area contributed by atoms with Crippen molar-refractivity contribution in [1.82, 2.24) is 9.97 Å². The van der Waals surface area contributed by atoms with E-state index in [0.29, 0.717) is 21.6 Å². The van der Waals surface area contributed by atoms with Gasteiger partial charge in [0.2, 0.25) is 5.60 Å². The summed E-state index contributed by atoms with van der Waals surface area (Å²) < 4.78 is 41.5. The summed E-state index contributed by atoms with van der Waals surface area (Å²) in [6.45, 7) is 1.38. The number of aromatic nitrogens is 2. The molecule has 0 unspecified atom stereocenters. The van der Waals surface area contributed by atoms with Crippen LogP contribution in [0.2, 0.25) is 0 Å². The summed E-state index contributed by atoms with van der Waals surface area (Å²) in [7, 11) is 0. The highest BCUT2D eigenvalue weighted by Crippen LogP contribution is 2.49. The van der Waals surface area contributed by atoms with Crippen molar-refractivity contribution < 1.29 is 18.3 Å². The minimum atomic E-state index is -4.94. The average molecular weight is 345 g/mol. The zero-order valence-electron chi connectivity index (χ0n) is 11.2. The van der Waals surface area contributed by atoms with Crippen molar-refractivity contribution in [3.8, 4) is 0 Å². The first kappa shape index (κ1) is 15.2. The Hall–Kier alpha value is -1.71. The highest BCUT2D eigenvalue weighted by atomic mass is 32.1. The predicted octanol–water partition coefficient (Wildman–Crippen LogP) is 3.44. The first-order valence-corrected chi connectivity index (χ1v) is 7.75. The fourth-order valence-electron chi connectivity index (χ4n) is 2.13. The van der Waals surface area contributed by atoms with Crippen molar-refractivity contribution in [2.75, 3.05) is 5.73 Å². The third-order valence-corrected chi connectivity index (χ3v) is 5.40. The first-order chi connectivity index (χ1) is 10.2. The van der Waals surface area contributed by atoms with Crippen molar-refractivity contribution in [3.63, 3.8) is 0 Å². The maximum atomic E-state index is 13.6. The monoisotopic (exact) mass is 345 g/mol. The second-order valence-corrected chi connectivity index (χ2v) is 6.72. The molecule has 4 nitrogen and oxygen atoms in total. The van der Waals surface area contributed by atoms with Gasteiger partial charge in [-0.15, -0.1) is 11.3 Å². The van der Waals surface area contributed by atoms with E-state index in [-0.39, 0.29) is 15.7 Å². The molecule has 1 atom stereocenters. The Labute approximate surface area is 131 Å². The molecule has 0 aliphatic heterocycles. The number of fused-ring (bicyclic) bond motifs is 1. The van der Waals surface area contributed by atoms with Gasteiger partial charge in [-0.05, 0) is 19.1 Å². The number of halogens is 3. The van der Waals surface area contributed by atoms with E-state index >= 15 is 0 Å². The quantitative estimate of drug-likeness (QED) is 0.746. The molecule has 3 aromatic rings. The third kappa shape index (κ3) is 2.16. The van der Waals surface area contributed by atoms with Gasteiger partial charge in [0.15, 0.2) is 5.13 Å².